The molecule has 6 heteroatoms. The summed E-state index contributed by atoms with van der Waals surface area (Å²) < 4.78 is 22.2. The molecule has 0 aromatic carbocycles. The molecule has 1 aliphatic carbocycles. The standard InChI is InChI=1S/C11H18N2O2S2/c12-17(14,15)11-6-10(16-8-11)7-13-9-4-2-1-3-5-9/h6,8-9,13H,1-5,7H2,(H2,12,14,15). The number of hydrogen-bond acceptors (Lipinski definition) is 4. The van der Waals surface area contributed by atoms with Gasteiger partial charge in [-0.05, 0) is 18.9 Å². The van der Waals surface area contributed by atoms with Crippen molar-refractivity contribution in [1.82, 2.24) is 5.32 Å². The lowest BCUT2D eigenvalue weighted by Gasteiger charge is -2.22. The van der Waals surface area contributed by atoms with Crippen molar-refractivity contribution < 1.29 is 8.42 Å². The molecule has 3 N–H and O–H groups in total. The van der Waals surface area contributed by atoms with Crippen LogP contribution >= 0.6 is 11.3 Å². The van der Waals surface area contributed by atoms with Crippen LogP contribution < -0.4 is 10.5 Å². The van der Waals surface area contributed by atoms with E-state index in [1.165, 1.54) is 43.4 Å². The average molecular weight is 274 g/mol. The van der Waals surface area contributed by atoms with Crippen molar-refractivity contribution in [3.05, 3.63) is 16.3 Å². The Morgan fingerprint density at radius 2 is 2.06 bits per heavy atom. The van der Waals surface area contributed by atoms with E-state index in [9.17, 15) is 8.42 Å². The van der Waals surface area contributed by atoms with E-state index >= 15 is 0 Å². The second-order valence-corrected chi connectivity index (χ2v) is 7.07. The summed E-state index contributed by atoms with van der Waals surface area (Å²) in [6, 6.07) is 2.25. The molecule has 1 aromatic rings. The minimum Gasteiger partial charge on any atom is -0.309 e. The third kappa shape index (κ3) is 3.77. The van der Waals surface area contributed by atoms with Crippen molar-refractivity contribution >= 4 is 21.4 Å². The van der Waals surface area contributed by atoms with E-state index < -0.39 is 10.0 Å². The molecule has 0 spiro atoms. The quantitative estimate of drug-likeness (QED) is 0.879. The van der Waals surface area contributed by atoms with E-state index in [2.05, 4.69) is 5.32 Å². The SMILES string of the molecule is NS(=O)(=O)c1csc(CNC2CCCCC2)c1. The summed E-state index contributed by atoms with van der Waals surface area (Å²) in [6.07, 6.45) is 6.39. The van der Waals surface area contributed by atoms with Crippen LogP contribution in [-0.2, 0) is 16.6 Å². The molecule has 0 amide bonds. The second-order valence-electron chi connectivity index (χ2n) is 4.51. The van der Waals surface area contributed by atoms with Gasteiger partial charge in [0.1, 0.15) is 0 Å². The first kappa shape index (κ1) is 13.0. The van der Waals surface area contributed by atoms with Gasteiger partial charge in [0.25, 0.3) is 0 Å². The molecule has 96 valence electrons. The highest BCUT2D eigenvalue weighted by molar-refractivity contribution is 7.89. The zero-order valence-electron chi connectivity index (χ0n) is 9.69. The zero-order valence-corrected chi connectivity index (χ0v) is 11.3. The number of hydrogen-bond donors (Lipinski definition) is 2. The molecule has 1 aliphatic rings. The molecule has 4 nitrogen and oxygen atoms in total. The van der Waals surface area contributed by atoms with Crippen LogP contribution in [0.25, 0.3) is 0 Å². The Kier molecular flexibility index (Phi) is 4.19. The molecule has 0 unspecified atom stereocenters. The van der Waals surface area contributed by atoms with E-state index in [4.69, 9.17) is 5.14 Å². The third-order valence-corrected chi connectivity index (χ3v) is 5.11. The number of rotatable bonds is 4. The fourth-order valence-corrected chi connectivity index (χ4v) is 3.91. The minimum absolute atomic E-state index is 0.225. The van der Waals surface area contributed by atoms with Gasteiger partial charge in [-0.3, -0.25) is 0 Å². The van der Waals surface area contributed by atoms with Gasteiger partial charge in [-0.2, -0.15) is 0 Å². The second kappa shape index (κ2) is 5.48. The van der Waals surface area contributed by atoms with Gasteiger partial charge in [-0.1, -0.05) is 19.3 Å². The number of sulfonamides is 1. The molecular formula is C11H18N2O2S2. The van der Waals surface area contributed by atoms with E-state index in [0.29, 0.717) is 6.04 Å². The molecule has 1 aromatic heterocycles. The van der Waals surface area contributed by atoms with Crippen molar-refractivity contribution in [3.8, 4) is 0 Å². The summed E-state index contributed by atoms with van der Waals surface area (Å²) in [6.45, 7) is 0.741. The maximum atomic E-state index is 11.1. The molecule has 0 bridgehead atoms. The summed E-state index contributed by atoms with van der Waals surface area (Å²) in [5.41, 5.74) is 0. The highest BCUT2D eigenvalue weighted by Crippen LogP contribution is 2.20. The Morgan fingerprint density at radius 1 is 1.35 bits per heavy atom. The van der Waals surface area contributed by atoms with E-state index in [1.807, 2.05) is 0 Å². The third-order valence-electron chi connectivity index (χ3n) is 3.13. The summed E-state index contributed by atoms with van der Waals surface area (Å²) >= 11 is 1.44. The molecule has 0 aliphatic heterocycles. The van der Waals surface area contributed by atoms with Crippen LogP contribution in [0.3, 0.4) is 0 Å². The van der Waals surface area contributed by atoms with Crippen molar-refractivity contribution in [3.63, 3.8) is 0 Å². The summed E-state index contributed by atoms with van der Waals surface area (Å²) in [7, 11) is -3.54. The maximum absolute atomic E-state index is 11.1. The van der Waals surface area contributed by atoms with Crippen LogP contribution in [-0.4, -0.2) is 14.5 Å². The lowest BCUT2D eigenvalue weighted by Crippen LogP contribution is -2.30. The van der Waals surface area contributed by atoms with Gasteiger partial charge < -0.3 is 5.32 Å². The summed E-state index contributed by atoms with van der Waals surface area (Å²) in [5, 5.41) is 10.1. The fourth-order valence-electron chi connectivity index (χ4n) is 2.15. The number of nitrogens with two attached hydrogens (primary N) is 1. The summed E-state index contributed by atoms with van der Waals surface area (Å²) in [5.74, 6) is 0. The van der Waals surface area contributed by atoms with Crippen molar-refractivity contribution in [2.75, 3.05) is 0 Å². The summed E-state index contributed by atoms with van der Waals surface area (Å²) in [4.78, 5) is 1.25. The van der Waals surface area contributed by atoms with Gasteiger partial charge in [-0.15, -0.1) is 11.3 Å². The van der Waals surface area contributed by atoms with Crippen molar-refractivity contribution in [2.24, 2.45) is 5.14 Å². The van der Waals surface area contributed by atoms with Crippen LogP contribution in [0.2, 0.25) is 0 Å². The Labute approximate surface area is 106 Å². The first-order valence-corrected chi connectivity index (χ1v) is 8.32. The molecule has 1 heterocycles. The fraction of sp³-hybridized carbons (Fsp3) is 0.636. The van der Waals surface area contributed by atoms with Gasteiger partial charge in [0.2, 0.25) is 10.0 Å². The number of primary sulfonamides is 1. The van der Waals surface area contributed by atoms with Gasteiger partial charge in [0.15, 0.2) is 0 Å². The molecule has 0 radical (unpaired) electrons. The number of nitrogens with one attached hydrogen (secondary N) is 1. The Hall–Kier alpha value is -0.430. The topological polar surface area (TPSA) is 72.2 Å². The minimum atomic E-state index is -3.54. The largest absolute Gasteiger partial charge is 0.309 e. The van der Waals surface area contributed by atoms with Crippen LogP contribution in [0, 0.1) is 0 Å². The van der Waals surface area contributed by atoms with Gasteiger partial charge in [-0.25, -0.2) is 13.6 Å². The molecule has 2 rings (SSSR count). The normalized spacial score (nSPS) is 18.4. The van der Waals surface area contributed by atoms with Crippen LogP contribution in [0.4, 0.5) is 0 Å². The van der Waals surface area contributed by atoms with Gasteiger partial charge >= 0.3 is 0 Å². The first-order chi connectivity index (χ1) is 8.05. The average Bonchev–Trinajstić information content (AvgIpc) is 2.76. The highest BCUT2D eigenvalue weighted by Gasteiger charge is 2.14. The molecule has 0 saturated heterocycles. The predicted molar refractivity (Wildman–Crippen MR) is 69.4 cm³/mol. The smallest absolute Gasteiger partial charge is 0.238 e. The Balaban J connectivity index is 1.89. The Morgan fingerprint density at radius 3 is 2.65 bits per heavy atom. The lowest BCUT2D eigenvalue weighted by atomic mass is 9.95. The first-order valence-electron chi connectivity index (χ1n) is 5.89. The van der Waals surface area contributed by atoms with Crippen LogP contribution in [0.15, 0.2) is 16.3 Å². The highest BCUT2D eigenvalue weighted by atomic mass is 32.2. The molecule has 0 atom stereocenters. The molecular weight excluding hydrogens is 256 g/mol. The van der Waals surface area contributed by atoms with E-state index in [1.54, 1.807) is 11.4 Å². The van der Waals surface area contributed by atoms with Crippen LogP contribution in [0.1, 0.15) is 37.0 Å². The zero-order chi connectivity index (χ0) is 12.3. The van der Waals surface area contributed by atoms with Crippen LogP contribution in [0.5, 0.6) is 0 Å². The van der Waals surface area contributed by atoms with Crippen molar-refractivity contribution in [1.29, 1.82) is 0 Å². The molecule has 1 fully saturated rings. The molecule has 1 saturated carbocycles. The Bertz CT molecular complexity index is 462. The molecule has 17 heavy (non-hydrogen) atoms. The van der Waals surface area contributed by atoms with E-state index in [-0.39, 0.29) is 4.90 Å². The van der Waals surface area contributed by atoms with Crippen molar-refractivity contribution in [2.45, 2.75) is 49.6 Å². The lowest BCUT2D eigenvalue weighted by molar-refractivity contribution is 0.373. The predicted octanol–water partition coefficient (Wildman–Crippen LogP) is 1.82. The number of thiophene rings is 1. The maximum Gasteiger partial charge on any atom is 0.238 e. The monoisotopic (exact) mass is 274 g/mol. The van der Waals surface area contributed by atoms with Gasteiger partial charge in [0.05, 0.1) is 4.90 Å². The van der Waals surface area contributed by atoms with Gasteiger partial charge in [0, 0.05) is 22.8 Å². The van der Waals surface area contributed by atoms with E-state index in [0.717, 1.165) is 11.4 Å².